The van der Waals surface area contributed by atoms with Crippen molar-refractivity contribution in [2.24, 2.45) is 22.6 Å². The first-order valence-electron chi connectivity index (χ1n) is 10.4. The first kappa shape index (κ1) is 22.9. The highest BCUT2D eigenvalue weighted by atomic mass is 19.3. The van der Waals surface area contributed by atoms with E-state index in [2.05, 4.69) is 33.9 Å². The zero-order chi connectivity index (χ0) is 21.6. The minimum Gasteiger partial charge on any atom is -0.402 e. The van der Waals surface area contributed by atoms with Gasteiger partial charge in [-0.05, 0) is 55.4 Å². The summed E-state index contributed by atoms with van der Waals surface area (Å²) in [5.74, 6) is 0.483. The normalized spacial score (nSPS) is 19.7. The molecule has 2 rings (SSSR count). The summed E-state index contributed by atoms with van der Waals surface area (Å²) in [6.45, 7) is 14.3. The lowest BCUT2D eigenvalue weighted by Crippen LogP contribution is -2.16. The molecule has 2 N–H and O–H groups in total. The smallest absolute Gasteiger partial charge is 0.265 e. The second-order valence-corrected chi connectivity index (χ2v) is 7.70. The molecule has 158 valence electrons. The Morgan fingerprint density at radius 3 is 2.59 bits per heavy atom. The summed E-state index contributed by atoms with van der Waals surface area (Å²) >= 11 is 0. The fourth-order valence-electron chi connectivity index (χ4n) is 3.11. The second kappa shape index (κ2) is 10.4. The van der Waals surface area contributed by atoms with Crippen LogP contribution in [-0.2, 0) is 0 Å². The lowest BCUT2D eigenvalue weighted by atomic mass is 9.94. The van der Waals surface area contributed by atoms with Crippen LogP contribution >= 0.6 is 0 Å². The Kier molecular flexibility index (Phi) is 8.18. The highest BCUT2D eigenvalue weighted by Gasteiger charge is 2.24. The van der Waals surface area contributed by atoms with Crippen LogP contribution in [0, 0.1) is 11.8 Å². The molecule has 1 aliphatic heterocycles. The van der Waals surface area contributed by atoms with Gasteiger partial charge >= 0.3 is 0 Å². The molecular weight excluding hydrogens is 368 g/mol. The van der Waals surface area contributed by atoms with Crippen LogP contribution < -0.4 is 5.73 Å². The van der Waals surface area contributed by atoms with Gasteiger partial charge in [-0.3, -0.25) is 4.99 Å². The Bertz CT molecular complexity index is 780. The molecule has 1 aliphatic carbocycles. The van der Waals surface area contributed by atoms with E-state index in [4.69, 9.17) is 10.7 Å². The first-order chi connectivity index (χ1) is 13.8. The van der Waals surface area contributed by atoms with Crippen LogP contribution in [0.2, 0.25) is 0 Å². The number of rotatable bonds is 10. The molecule has 2 aliphatic rings. The van der Waals surface area contributed by atoms with Crippen molar-refractivity contribution in [2.75, 3.05) is 0 Å². The number of nitrogens with zero attached hydrogens (tertiary/aromatic N) is 2. The standard InChI is InChI=1S/C24H33F2N3/c1-6-8-20(14-29-15-21(24(25)26)10-9-16(29)3)17(4)18(5)28-22(7-2)13-23(27)19-11-12-19/h9-10,13-15,17,19,24H,3,5-8,11-12,27H2,1-2,4H3/b20-14+,23-13-,28-22?. The summed E-state index contributed by atoms with van der Waals surface area (Å²) in [5, 5.41) is 0. The van der Waals surface area contributed by atoms with Crippen molar-refractivity contribution in [1.29, 1.82) is 0 Å². The fraction of sp³-hybridized carbons (Fsp3) is 0.458. The Morgan fingerprint density at radius 2 is 2.03 bits per heavy atom. The molecule has 0 aromatic rings. The third kappa shape index (κ3) is 6.55. The van der Waals surface area contributed by atoms with Crippen LogP contribution in [0.4, 0.5) is 8.78 Å². The van der Waals surface area contributed by atoms with Crippen molar-refractivity contribution in [3.63, 3.8) is 0 Å². The van der Waals surface area contributed by atoms with Crippen molar-refractivity contribution in [1.82, 2.24) is 4.90 Å². The topological polar surface area (TPSA) is 41.6 Å². The van der Waals surface area contributed by atoms with E-state index in [-0.39, 0.29) is 11.5 Å². The van der Waals surface area contributed by atoms with Crippen molar-refractivity contribution < 1.29 is 8.78 Å². The quantitative estimate of drug-likeness (QED) is 0.427. The van der Waals surface area contributed by atoms with E-state index >= 15 is 0 Å². The van der Waals surface area contributed by atoms with E-state index in [0.29, 0.717) is 11.6 Å². The van der Waals surface area contributed by atoms with Crippen LogP contribution in [0.3, 0.4) is 0 Å². The Labute approximate surface area is 173 Å². The van der Waals surface area contributed by atoms with Gasteiger partial charge in [-0.1, -0.05) is 40.3 Å². The maximum atomic E-state index is 13.1. The van der Waals surface area contributed by atoms with Gasteiger partial charge in [0.05, 0.1) is 0 Å². The Morgan fingerprint density at radius 1 is 1.34 bits per heavy atom. The van der Waals surface area contributed by atoms with Crippen LogP contribution in [0.25, 0.3) is 0 Å². The van der Waals surface area contributed by atoms with E-state index in [0.717, 1.165) is 54.8 Å². The molecule has 0 spiro atoms. The molecule has 1 unspecified atom stereocenters. The average Bonchev–Trinajstić information content (AvgIpc) is 3.53. The molecular formula is C24H33F2N3. The summed E-state index contributed by atoms with van der Waals surface area (Å²) in [7, 11) is 0. The second-order valence-electron chi connectivity index (χ2n) is 7.70. The van der Waals surface area contributed by atoms with Crippen molar-refractivity contribution >= 4 is 5.71 Å². The van der Waals surface area contributed by atoms with Gasteiger partial charge in [0, 0.05) is 46.7 Å². The number of hydrogen-bond donors (Lipinski definition) is 1. The SMILES string of the molecule is C=C(N=C(/C=C(\N)C1CC1)CC)C(C)/C(=C/N1C=C(C(F)F)C=CC1=C)CCC. The largest absolute Gasteiger partial charge is 0.402 e. The molecule has 0 bridgehead atoms. The van der Waals surface area contributed by atoms with E-state index < -0.39 is 6.43 Å². The monoisotopic (exact) mass is 401 g/mol. The molecule has 0 aromatic heterocycles. The van der Waals surface area contributed by atoms with Gasteiger partial charge in [-0.15, -0.1) is 0 Å². The summed E-state index contributed by atoms with van der Waals surface area (Å²) < 4.78 is 26.2. The summed E-state index contributed by atoms with van der Waals surface area (Å²) in [6.07, 6.45) is 10.7. The zero-order valence-corrected chi connectivity index (χ0v) is 17.8. The van der Waals surface area contributed by atoms with Crippen molar-refractivity contribution in [3.05, 3.63) is 72.0 Å². The molecule has 29 heavy (non-hydrogen) atoms. The number of aliphatic imine (C=N–C) groups is 1. The molecule has 0 aromatic carbocycles. The van der Waals surface area contributed by atoms with Gasteiger partial charge in [0.15, 0.2) is 0 Å². The molecule has 0 saturated heterocycles. The van der Waals surface area contributed by atoms with Crippen LogP contribution in [-0.4, -0.2) is 17.0 Å². The van der Waals surface area contributed by atoms with Crippen LogP contribution in [0.5, 0.6) is 0 Å². The van der Waals surface area contributed by atoms with Crippen molar-refractivity contribution in [3.8, 4) is 0 Å². The molecule has 1 atom stereocenters. The van der Waals surface area contributed by atoms with Gasteiger partial charge < -0.3 is 10.6 Å². The fourth-order valence-corrected chi connectivity index (χ4v) is 3.11. The first-order valence-corrected chi connectivity index (χ1v) is 10.4. The summed E-state index contributed by atoms with van der Waals surface area (Å²) in [5.41, 5.74) is 10.4. The number of hydrogen-bond acceptors (Lipinski definition) is 3. The van der Waals surface area contributed by atoms with Gasteiger partial charge in [0.25, 0.3) is 6.43 Å². The van der Waals surface area contributed by atoms with E-state index in [1.165, 1.54) is 12.3 Å². The summed E-state index contributed by atoms with van der Waals surface area (Å²) in [4.78, 5) is 6.41. The van der Waals surface area contributed by atoms with E-state index in [9.17, 15) is 8.78 Å². The lowest BCUT2D eigenvalue weighted by molar-refractivity contribution is 0.192. The third-order valence-corrected chi connectivity index (χ3v) is 5.27. The molecule has 1 saturated carbocycles. The number of halogens is 2. The minimum absolute atomic E-state index is 0.0193. The predicted molar refractivity (Wildman–Crippen MR) is 118 cm³/mol. The van der Waals surface area contributed by atoms with E-state index in [1.807, 2.05) is 12.3 Å². The van der Waals surface area contributed by atoms with Crippen molar-refractivity contribution in [2.45, 2.75) is 59.3 Å². The van der Waals surface area contributed by atoms with Gasteiger partial charge in [0.2, 0.25) is 0 Å². The maximum absolute atomic E-state index is 13.1. The van der Waals surface area contributed by atoms with Gasteiger partial charge in [0.1, 0.15) is 0 Å². The molecule has 1 heterocycles. The van der Waals surface area contributed by atoms with Crippen LogP contribution in [0.15, 0.2) is 77.0 Å². The maximum Gasteiger partial charge on any atom is 0.265 e. The molecule has 5 heteroatoms. The Hall–Kier alpha value is -2.43. The van der Waals surface area contributed by atoms with Gasteiger partial charge in [-0.2, -0.15) is 0 Å². The average molecular weight is 402 g/mol. The highest BCUT2D eigenvalue weighted by Crippen LogP contribution is 2.34. The lowest BCUT2D eigenvalue weighted by Gasteiger charge is -2.25. The minimum atomic E-state index is -2.52. The number of alkyl halides is 2. The number of nitrogens with two attached hydrogens (primary N) is 1. The highest BCUT2D eigenvalue weighted by molar-refractivity contribution is 5.96. The summed E-state index contributed by atoms with van der Waals surface area (Å²) in [6, 6.07) is 0. The number of allylic oxidation sites excluding steroid dienone is 6. The molecule has 0 radical (unpaired) electrons. The molecule has 3 nitrogen and oxygen atoms in total. The predicted octanol–water partition coefficient (Wildman–Crippen LogP) is 6.46. The molecule has 1 fully saturated rings. The van der Waals surface area contributed by atoms with Gasteiger partial charge in [-0.25, -0.2) is 8.78 Å². The molecule has 0 amide bonds. The Balaban J connectivity index is 2.24. The van der Waals surface area contributed by atoms with E-state index in [1.54, 1.807) is 11.0 Å². The third-order valence-electron chi connectivity index (χ3n) is 5.27. The zero-order valence-electron chi connectivity index (χ0n) is 17.8. The van der Waals surface area contributed by atoms with Crippen LogP contribution in [0.1, 0.15) is 52.9 Å².